The maximum atomic E-state index is 13.5. The molecule has 2 N–H and O–H groups in total. The Morgan fingerprint density at radius 2 is 1.56 bits per heavy atom. The number of hydrogen-bond donors (Lipinski definition) is 2. The van der Waals surface area contributed by atoms with Gasteiger partial charge in [0.2, 0.25) is 0 Å². The van der Waals surface area contributed by atoms with Crippen LogP contribution < -0.4 is 0 Å². The molecule has 4 fully saturated rings. The third kappa shape index (κ3) is 3.29. The maximum absolute atomic E-state index is 13.5. The van der Waals surface area contributed by atoms with Crippen molar-refractivity contribution in [1.29, 1.82) is 0 Å². The van der Waals surface area contributed by atoms with Gasteiger partial charge in [-0.15, -0.1) is 0 Å². The summed E-state index contributed by atoms with van der Waals surface area (Å²) in [5, 5.41) is 20.2. The second-order valence-electron chi connectivity index (χ2n) is 10.8. The number of carbonyl (C=O) groups is 1. The van der Waals surface area contributed by atoms with Crippen molar-refractivity contribution in [3.8, 4) is 0 Å². The quantitative estimate of drug-likeness (QED) is 0.698. The summed E-state index contributed by atoms with van der Waals surface area (Å²) in [4.78, 5) is 13.5. The van der Waals surface area contributed by atoms with Crippen molar-refractivity contribution in [3.05, 3.63) is 81.6 Å². The molecule has 0 radical (unpaired) electrons. The van der Waals surface area contributed by atoms with Gasteiger partial charge in [0.15, 0.2) is 5.78 Å². The van der Waals surface area contributed by atoms with E-state index in [4.69, 9.17) is 0 Å². The van der Waals surface area contributed by atoms with Gasteiger partial charge in [-0.25, -0.2) is 4.39 Å². The zero-order valence-electron chi connectivity index (χ0n) is 18.2. The molecule has 164 valence electrons. The molecule has 3 nitrogen and oxygen atoms in total. The van der Waals surface area contributed by atoms with Gasteiger partial charge in [-0.3, -0.25) is 4.79 Å². The molecule has 0 saturated heterocycles. The molecule has 0 aliphatic heterocycles. The topological polar surface area (TPSA) is 57.5 Å². The number of allylic oxidation sites excluding steroid dienone is 2. The number of Topliss-reactive ketones (excluding diaryl/α,β-unsaturated/α-hetero) is 1. The molecule has 0 spiro atoms. The summed E-state index contributed by atoms with van der Waals surface area (Å²) >= 11 is 0. The summed E-state index contributed by atoms with van der Waals surface area (Å²) in [6, 6.07) is 12.5. The lowest BCUT2D eigenvalue weighted by molar-refractivity contribution is -0.00520. The van der Waals surface area contributed by atoms with Crippen LogP contribution in [0.25, 0.3) is 0 Å². The summed E-state index contributed by atoms with van der Waals surface area (Å²) in [7, 11) is -1.81. The van der Waals surface area contributed by atoms with Gasteiger partial charge < -0.3 is 10.0 Å². The van der Waals surface area contributed by atoms with Crippen LogP contribution in [0.2, 0.25) is 0 Å². The Bertz CT molecular complexity index is 1080. The lowest BCUT2D eigenvalue weighted by atomic mass is 9.48. The van der Waals surface area contributed by atoms with Gasteiger partial charge in [0.1, 0.15) is 5.82 Å². The molecule has 0 atom stereocenters. The predicted octanol–water partition coefficient (Wildman–Crippen LogP) is 4.58. The number of fused-ring (bicyclic) bond motifs is 1. The van der Waals surface area contributed by atoms with Gasteiger partial charge in [0.25, 0.3) is 0 Å². The Morgan fingerprint density at radius 3 is 2.16 bits per heavy atom. The van der Waals surface area contributed by atoms with Crippen molar-refractivity contribution in [3.63, 3.8) is 0 Å². The summed E-state index contributed by atoms with van der Waals surface area (Å²) in [5.41, 5.74) is 4.68. The van der Waals surface area contributed by atoms with Crippen molar-refractivity contribution in [1.82, 2.24) is 0 Å². The third-order valence-corrected chi connectivity index (χ3v) is 8.62. The highest BCUT2D eigenvalue weighted by Crippen LogP contribution is 2.60. The van der Waals surface area contributed by atoms with Gasteiger partial charge in [0, 0.05) is 11.0 Å². The van der Waals surface area contributed by atoms with E-state index in [0.717, 1.165) is 28.9 Å². The van der Waals surface area contributed by atoms with E-state index in [2.05, 4.69) is 18.2 Å². The molecule has 0 unspecified atom stereocenters. The Balaban J connectivity index is 1.35. The van der Waals surface area contributed by atoms with Crippen LogP contribution in [-0.2, 0) is 18.3 Å². The van der Waals surface area contributed by atoms with E-state index in [0.29, 0.717) is 24.0 Å². The van der Waals surface area contributed by atoms with Gasteiger partial charge in [-0.05, 0) is 109 Å². The first-order valence-electron chi connectivity index (χ1n) is 11.9. The Labute approximate surface area is 188 Å². The second kappa shape index (κ2) is 7.39. The largest absolute Gasteiger partial charge is 0.492 e. The highest BCUT2D eigenvalue weighted by atomic mass is 19.1. The number of carbonyl (C=O) groups excluding carboxylic acids is 1. The number of halogens is 1. The van der Waals surface area contributed by atoms with Crippen LogP contribution in [0.4, 0.5) is 4.39 Å². The van der Waals surface area contributed by atoms with Crippen LogP contribution >= 0.6 is 0 Å². The molecule has 7 rings (SSSR count). The number of ketones is 1. The Hall–Kier alpha value is -2.24. The predicted molar refractivity (Wildman–Crippen MR) is 122 cm³/mol. The van der Waals surface area contributed by atoms with Crippen molar-refractivity contribution in [2.24, 2.45) is 17.8 Å². The fraction of sp³-hybridized carbons (Fsp3) is 0.444. The minimum atomic E-state index is -1.81. The molecule has 4 bridgehead atoms. The van der Waals surface area contributed by atoms with Crippen molar-refractivity contribution in [2.45, 2.75) is 56.8 Å². The van der Waals surface area contributed by atoms with E-state index in [1.54, 1.807) is 12.1 Å². The van der Waals surface area contributed by atoms with Crippen LogP contribution in [0.1, 0.15) is 65.6 Å². The smallest absolute Gasteiger partial charge is 0.423 e. The highest BCUT2D eigenvalue weighted by Gasteiger charge is 2.51. The van der Waals surface area contributed by atoms with Crippen molar-refractivity contribution in [2.75, 3.05) is 0 Å². The highest BCUT2D eigenvalue weighted by molar-refractivity contribution is 6.60. The van der Waals surface area contributed by atoms with Crippen molar-refractivity contribution < 1.29 is 19.2 Å². The zero-order valence-corrected chi connectivity index (χ0v) is 18.2. The molecule has 2 aromatic rings. The number of rotatable bonds is 4. The number of hydrogen-bond acceptors (Lipinski definition) is 3. The number of benzene rings is 2. The molecule has 0 heterocycles. The van der Waals surface area contributed by atoms with E-state index in [9.17, 15) is 19.2 Å². The van der Waals surface area contributed by atoms with E-state index < -0.39 is 7.12 Å². The molecule has 0 amide bonds. The lowest BCUT2D eigenvalue weighted by Crippen LogP contribution is -2.48. The lowest BCUT2D eigenvalue weighted by Gasteiger charge is -2.57. The fourth-order valence-corrected chi connectivity index (χ4v) is 7.67. The molecule has 5 heteroatoms. The Morgan fingerprint density at radius 1 is 0.938 bits per heavy atom. The molecule has 32 heavy (non-hydrogen) atoms. The molecular formula is C27H28BFO3. The van der Waals surface area contributed by atoms with Crippen LogP contribution in [0.3, 0.4) is 0 Å². The van der Waals surface area contributed by atoms with E-state index in [1.165, 1.54) is 56.2 Å². The normalized spacial score (nSPS) is 30.6. The van der Waals surface area contributed by atoms with Crippen molar-refractivity contribution >= 4 is 12.9 Å². The first-order chi connectivity index (χ1) is 15.4. The van der Waals surface area contributed by atoms with E-state index in [1.807, 2.05) is 0 Å². The van der Waals surface area contributed by atoms with Crippen LogP contribution in [-0.4, -0.2) is 22.9 Å². The molecule has 2 aromatic carbocycles. The first-order valence-corrected chi connectivity index (χ1v) is 11.9. The van der Waals surface area contributed by atoms with E-state index in [-0.39, 0.29) is 22.5 Å². The average molecular weight is 430 g/mol. The van der Waals surface area contributed by atoms with Crippen LogP contribution in [0, 0.1) is 23.6 Å². The summed E-state index contributed by atoms with van der Waals surface area (Å²) < 4.78 is 13.3. The first kappa shape index (κ1) is 20.4. The third-order valence-electron chi connectivity index (χ3n) is 8.62. The molecular weight excluding hydrogens is 402 g/mol. The average Bonchev–Trinajstić information content (AvgIpc) is 2.74. The van der Waals surface area contributed by atoms with Gasteiger partial charge in [-0.2, -0.15) is 0 Å². The van der Waals surface area contributed by atoms with E-state index >= 15 is 0 Å². The Kier molecular flexibility index (Phi) is 4.71. The summed E-state index contributed by atoms with van der Waals surface area (Å²) in [6.07, 6.45) is 8.72. The molecule has 5 aliphatic carbocycles. The monoisotopic (exact) mass is 430 g/mol. The fourth-order valence-electron chi connectivity index (χ4n) is 7.67. The minimum absolute atomic E-state index is 0.0875. The standard InChI is InChI=1S/C27H28BFO3/c29-23-5-1-16(2-6-23)10-21-11-20-3-4-22(12-24(20)26(30)25(21)28(31)32)27-13-17-7-18(14-27)9-19(8-17)15-27/h1-6,12,17-19,31-32H,7-11,13-15H2. The summed E-state index contributed by atoms with van der Waals surface area (Å²) in [5.74, 6) is 1.89. The second-order valence-corrected chi connectivity index (χ2v) is 10.8. The molecule has 4 saturated carbocycles. The SMILES string of the molecule is O=C1C(B(O)O)=C(Cc2ccc(F)cc2)Cc2ccc(C34CC5CC(CC(C5)C3)C4)cc21. The van der Waals surface area contributed by atoms with Crippen LogP contribution in [0.5, 0.6) is 0 Å². The van der Waals surface area contributed by atoms with Gasteiger partial charge >= 0.3 is 7.12 Å². The summed E-state index contributed by atoms with van der Waals surface area (Å²) in [6.45, 7) is 0. The van der Waals surface area contributed by atoms with Crippen LogP contribution in [0.15, 0.2) is 53.5 Å². The minimum Gasteiger partial charge on any atom is -0.423 e. The van der Waals surface area contributed by atoms with Gasteiger partial charge in [-0.1, -0.05) is 29.8 Å². The maximum Gasteiger partial charge on any atom is 0.492 e. The molecule has 5 aliphatic rings. The zero-order chi connectivity index (χ0) is 22.0. The van der Waals surface area contributed by atoms with Gasteiger partial charge in [0.05, 0.1) is 0 Å². The molecule has 0 aromatic heterocycles.